The highest BCUT2D eigenvalue weighted by molar-refractivity contribution is 9.10. The standard InChI is InChI=1S/C16H10BrNO3/c17-12-7-5-11(16(19)20)9-14(12)21-15-8-6-10-3-1-2-4-13(10)18-15/h1-9H,(H,19,20). The molecule has 1 heterocycles. The van der Waals surface area contributed by atoms with Crippen molar-refractivity contribution < 1.29 is 14.6 Å². The van der Waals surface area contributed by atoms with Crippen LogP contribution in [0.25, 0.3) is 10.9 Å². The van der Waals surface area contributed by atoms with Gasteiger partial charge in [-0.25, -0.2) is 9.78 Å². The van der Waals surface area contributed by atoms with Crippen LogP contribution in [-0.4, -0.2) is 16.1 Å². The summed E-state index contributed by atoms with van der Waals surface area (Å²) in [5.74, 6) is -0.173. The van der Waals surface area contributed by atoms with E-state index in [1.54, 1.807) is 12.1 Å². The number of halogens is 1. The van der Waals surface area contributed by atoms with Gasteiger partial charge in [-0.3, -0.25) is 0 Å². The van der Waals surface area contributed by atoms with E-state index < -0.39 is 5.97 Å². The maximum Gasteiger partial charge on any atom is 0.335 e. The number of fused-ring (bicyclic) bond motifs is 1. The van der Waals surface area contributed by atoms with Crippen LogP contribution in [0.1, 0.15) is 10.4 Å². The normalized spacial score (nSPS) is 10.5. The van der Waals surface area contributed by atoms with Crippen LogP contribution >= 0.6 is 15.9 Å². The molecule has 0 saturated heterocycles. The van der Waals surface area contributed by atoms with Crippen molar-refractivity contribution in [3.05, 3.63) is 64.6 Å². The van der Waals surface area contributed by atoms with Crippen molar-refractivity contribution in [3.8, 4) is 11.6 Å². The van der Waals surface area contributed by atoms with Crippen LogP contribution < -0.4 is 4.74 Å². The number of aromatic nitrogens is 1. The molecule has 0 unspecified atom stereocenters. The molecule has 3 aromatic rings. The van der Waals surface area contributed by atoms with Crippen molar-refractivity contribution in [1.82, 2.24) is 4.98 Å². The van der Waals surface area contributed by atoms with Crippen LogP contribution in [-0.2, 0) is 0 Å². The first-order valence-corrected chi connectivity index (χ1v) is 6.99. The topological polar surface area (TPSA) is 59.4 Å². The zero-order valence-corrected chi connectivity index (χ0v) is 12.4. The van der Waals surface area contributed by atoms with Crippen LogP contribution in [0.4, 0.5) is 0 Å². The van der Waals surface area contributed by atoms with Gasteiger partial charge in [0.25, 0.3) is 0 Å². The van der Waals surface area contributed by atoms with Crippen molar-refractivity contribution in [2.45, 2.75) is 0 Å². The summed E-state index contributed by atoms with van der Waals surface area (Å²) < 4.78 is 6.36. The van der Waals surface area contributed by atoms with Crippen LogP contribution in [0.15, 0.2) is 59.1 Å². The summed E-state index contributed by atoms with van der Waals surface area (Å²) in [5.41, 5.74) is 0.981. The second-order valence-electron chi connectivity index (χ2n) is 4.39. The Hall–Kier alpha value is -2.40. The molecule has 1 aromatic heterocycles. The molecule has 1 N–H and O–H groups in total. The minimum atomic E-state index is -1.00. The molecule has 0 fully saturated rings. The summed E-state index contributed by atoms with van der Waals surface area (Å²) in [6.45, 7) is 0. The Morgan fingerprint density at radius 1 is 1.10 bits per heavy atom. The third-order valence-corrected chi connectivity index (χ3v) is 3.62. The van der Waals surface area contributed by atoms with Gasteiger partial charge in [0, 0.05) is 11.5 Å². The molecular weight excluding hydrogens is 334 g/mol. The van der Waals surface area contributed by atoms with Crippen molar-refractivity contribution in [2.24, 2.45) is 0 Å². The number of ether oxygens (including phenoxy) is 1. The highest BCUT2D eigenvalue weighted by Crippen LogP contribution is 2.30. The molecule has 104 valence electrons. The summed E-state index contributed by atoms with van der Waals surface area (Å²) in [5, 5.41) is 10.0. The number of nitrogens with zero attached hydrogens (tertiary/aromatic N) is 1. The van der Waals surface area contributed by atoms with Gasteiger partial charge < -0.3 is 9.84 Å². The van der Waals surface area contributed by atoms with E-state index in [0.29, 0.717) is 16.1 Å². The van der Waals surface area contributed by atoms with Gasteiger partial charge in [0.2, 0.25) is 5.88 Å². The van der Waals surface area contributed by atoms with Crippen molar-refractivity contribution in [1.29, 1.82) is 0 Å². The monoisotopic (exact) mass is 343 g/mol. The fourth-order valence-electron chi connectivity index (χ4n) is 1.93. The van der Waals surface area contributed by atoms with Gasteiger partial charge in [-0.15, -0.1) is 0 Å². The maximum atomic E-state index is 11.0. The van der Waals surface area contributed by atoms with Crippen molar-refractivity contribution >= 4 is 32.8 Å². The lowest BCUT2D eigenvalue weighted by Crippen LogP contribution is -1.97. The van der Waals surface area contributed by atoms with Crippen LogP contribution in [0.5, 0.6) is 11.6 Å². The van der Waals surface area contributed by atoms with E-state index >= 15 is 0 Å². The van der Waals surface area contributed by atoms with E-state index in [1.165, 1.54) is 12.1 Å². The number of carboxylic acid groups (broad SMARTS) is 1. The first-order chi connectivity index (χ1) is 10.1. The number of aromatic carboxylic acids is 1. The summed E-state index contributed by atoms with van der Waals surface area (Å²) in [6.07, 6.45) is 0. The Morgan fingerprint density at radius 2 is 1.90 bits per heavy atom. The molecule has 0 spiro atoms. The fourth-order valence-corrected chi connectivity index (χ4v) is 2.26. The average molecular weight is 344 g/mol. The van der Waals surface area contributed by atoms with Gasteiger partial charge in [0.15, 0.2) is 0 Å². The molecule has 5 heteroatoms. The highest BCUT2D eigenvalue weighted by Gasteiger charge is 2.09. The van der Waals surface area contributed by atoms with Gasteiger partial charge >= 0.3 is 5.97 Å². The molecule has 0 amide bonds. The molecule has 0 aliphatic heterocycles. The first-order valence-electron chi connectivity index (χ1n) is 6.20. The average Bonchev–Trinajstić information content (AvgIpc) is 2.49. The van der Waals surface area contributed by atoms with Crippen LogP contribution in [0, 0.1) is 0 Å². The molecule has 3 rings (SSSR count). The fraction of sp³-hybridized carbons (Fsp3) is 0. The molecule has 4 nitrogen and oxygen atoms in total. The zero-order chi connectivity index (χ0) is 14.8. The van der Waals surface area contributed by atoms with Gasteiger partial charge in [0.1, 0.15) is 5.75 Å². The molecule has 2 aromatic carbocycles. The summed E-state index contributed by atoms with van der Waals surface area (Å²) >= 11 is 3.34. The van der Waals surface area contributed by atoms with E-state index in [4.69, 9.17) is 9.84 Å². The summed E-state index contributed by atoms with van der Waals surface area (Å²) in [7, 11) is 0. The molecule has 0 radical (unpaired) electrons. The van der Waals surface area contributed by atoms with Gasteiger partial charge in [0.05, 0.1) is 15.6 Å². The van der Waals surface area contributed by atoms with Crippen molar-refractivity contribution in [3.63, 3.8) is 0 Å². The van der Waals surface area contributed by atoms with Crippen molar-refractivity contribution in [2.75, 3.05) is 0 Å². The van der Waals surface area contributed by atoms with E-state index in [9.17, 15) is 4.79 Å². The largest absolute Gasteiger partial charge is 0.478 e. The lowest BCUT2D eigenvalue weighted by Gasteiger charge is -2.08. The molecule has 0 bridgehead atoms. The Kier molecular flexibility index (Phi) is 3.58. The lowest BCUT2D eigenvalue weighted by atomic mass is 10.2. The molecule has 21 heavy (non-hydrogen) atoms. The third-order valence-electron chi connectivity index (χ3n) is 2.97. The van der Waals surface area contributed by atoms with Gasteiger partial charge in [-0.05, 0) is 46.3 Å². The number of pyridine rings is 1. The maximum absolute atomic E-state index is 11.0. The van der Waals surface area contributed by atoms with Gasteiger partial charge in [-0.1, -0.05) is 18.2 Å². The first kappa shape index (κ1) is 13.6. The number of carboxylic acids is 1. The van der Waals surface area contributed by atoms with E-state index in [-0.39, 0.29) is 5.56 Å². The quantitative estimate of drug-likeness (QED) is 0.761. The highest BCUT2D eigenvalue weighted by atomic mass is 79.9. The molecular formula is C16H10BrNO3. The third kappa shape index (κ3) is 2.87. The Bertz CT molecular complexity index is 833. The number of hydrogen-bond donors (Lipinski definition) is 1. The second kappa shape index (κ2) is 5.54. The van der Waals surface area contributed by atoms with Crippen LogP contribution in [0.2, 0.25) is 0 Å². The number of para-hydroxylation sites is 1. The number of benzene rings is 2. The molecule has 0 atom stereocenters. The zero-order valence-electron chi connectivity index (χ0n) is 10.8. The number of hydrogen-bond acceptors (Lipinski definition) is 3. The Morgan fingerprint density at radius 3 is 2.71 bits per heavy atom. The lowest BCUT2D eigenvalue weighted by molar-refractivity contribution is 0.0696. The van der Waals surface area contributed by atoms with E-state index in [2.05, 4.69) is 20.9 Å². The summed E-state index contributed by atoms with van der Waals surface area (Å²) in [6, 6.07) is 16.0. The Balaban J connectivity index is 1.98. The number of carbonyl (C=O) groups is 1. The summed E-state index contributed by atoms with van der Waals surface area (Å²) in [4.78, 5) is 15.4. The van der Waals surface area contributed by atoms with E-state index in [0.717, 1.165) is 10.9 Å². The Labute approximate surface area is 129 Å². The predicted octanol–water partition coefficient (Wildman–Crippen LogP) is 4.49. The molecule has 0 aliphatic carbocycles. The number of rotatable bonds is 3. The second-order valence-corrected chi connectivity index (χ2v) is 5.25. The molecule has 0 saturated carbocycles. The van der Waals surface area contributed by atoms with Gasteiger partial charge in [-0.2, -0.15) is 0 Å². The minimum Gasteiger partial charge on any atom is -0.478 e. The predicted molar refractivity (Wildman–Crippen MR) is 82.9 cm³/mol. The smallest absolute Gasteiger partial charge is 0.335 e. The molecule has 0 aliphatic rings. The van der Waals surface area contributed by atoms with Crippen LogP contribution in [0.3, 0.4) is 0 Å². The minimum absolute atomic E-state index is 0.161. The SMILES string of the molecule is O=C(O)c1ccc(Br)c(Oc2ccc3ccccc3n2)c1. The van der Waals surface area contributed by atoms with E-state index in [1.807, 2.05) is 30.3 Å².